The van der Waals surface area contributed by atoms with Crippen LogP contribution in [0.15, 0.2) is 0 Å². The summed E-state index contributed by atoms with van der Waals surface area (Å²) >= 11 is 0. The van der Waals surface area contributed by atoms with E-state index in [9.17, 15) is 38.7 Å². The Morgan fingerprint density at radius 3 is 1.53 bits per heavy atom. The van der Waals surface area contributed by atoms with Crippen molar-refractivity contribution in [2.75, 3.05) is 19.8 Å². The maximum atomic E-state index is 12.4. The molecule has 0 aromatic heterocycles. The van der Waals surface area contributed by atoms with Gasteiger partial charge < -0.3 is 76.2 Å². The van der Waals surface area contributed by atoms with E-state index in [0.717, 1.165) is 48.5 Å². The molecule has 24 heteroatoms. The zero-order chi connectivity index (χ0) is 44.2. The molecule has 5 saturated heterocycles. The maximum absolute atomic E-state index is 12.4. The van der Waals surface area contributed by atoms with Gasteiger partial charge in [0.05, 0.1) is 6.61 Å². The Kier molecular flexibility index (Phi) is 15.4. The van der Waals surface area contributed by atoms with Gasteiger partial charge in [-0.05, 0) is 6.92 Å². The average molecular weight is 867 g/mol. The van der Waals surface area contributed by atoms with Crippen LogP contribution in [0.5, 0.6) is 0 Å². The lowest BCUT2D eigenvalue weighted by Crippen LogP contribution is -2.66. The zero-order valence-electron chi connectivity index (χ0n) is 34.2. The fraction of sp³-hybridized carbons (Fsp3) is 0.806. The molecule has 0 amide bonds. The van der Waals surface area contributed by atoms with Crippen LogP contribution in [0.4, 0.5) is 0 Å². The molecule has 60 heavy (non-hydrogen) atoms. The Bertz CT molecular complexity index is 1600. The lowest BCUT2D eigenvalue weighted by atomic mass is 9.96. The van der Waals surface area contributed by atoms with Crippen LogP contribution in [0.2, 0.25) is 0 Å². The number of ether oxygens (including phenoxy) is 16. The SMILES string of the molecule is CC(=O)OC[C@H]1O[C@@H](O[C@H]2[C@H](O)[C@@H](COC3(C)O[C@H]4O[C@H](COC(C)=O)[C@@H](OC(C)=O)[C@H](OC(C)=O)[C@H]4O3)O[C@@H]3O[C@@H](C)O[C@@H]32)[C@H](OC(C)=O)[C@@H](OC(C)=O)[C@@H]1OC(C)=O. The van der Waals surface area contributed by atoms with Crippen molar-refractivity contribution in [3.8, 4) is 0 Å². The molecular formula is C36H50O24. The number of hydrogen-bond acceptors (Lipinski definition) is 24. The first-order valence-corrected chi connectivity index (χ1v) is 18.9. The van der Waals surface area contributed by atoms with Gasteiger partial charge in [-0.3, -0.25) is 38.3 Å². The highest BCUT2D eigenvalue weighted by Gasteiger charge is 2.61. The minimum atomic E-state index is -2.01. The molecule has 24 nitrogen and oxygen atoms in total. The molecule has 0 aromatic carbocycles. The largest absolute Gasteiger partial charge is 0.463 e. The highest BCUT2D eigenvalue weighted by Crippen LogP contribution is 2.41. The van der Waals surface area contributed by atoms with Gasteiger partial charge in [-0.2, -0.15) is 0 Å². The first-order chi connectivity index (χ1) is 28.1. The fourth-order valence-electron chi connectivity index (χ4n) is 7.21. The van der Waals surface area contributed by atoms with Crippen molar-refractivity contribution in [1.29, 1.82) is 0 Å². The van der Waals surface area contributed by atoms with Crippen molar-refractivity contribution in [3.05, 3.63) is 0 Å². The van der Waals surface area contributed by atoms with Crippen LogP contribution in [0.25, 0.3) is 0 Å². The molecule has 0 saturated carbocycles. The molecule has 17 atom stereocenters. The Hall–Kier alpha value is -4.11. The summed E-state index contributed by atoms with van der Waals surface area (Å²) in [5.41, 5.74) is 0. The molecule has 5 heterocycles. The fourth-order valence-corrected chi connectivity index (χ4v) is 7.21. The molecule has 5 aliphatic heterocycles. The van der Waals surface area contributed by atoms with Crippen LogP contribution in [-0.2, 0) is 109 Å². The van der Waals surface area contributed by atoms with Gasteiger partial charge in [0.1, 0.15) is 49.8 Å². The van der Waals surface area contributed by atoms with Crippen LogP contribution >= 0.6 is 0 Å². The molecule has 1 N–H and O–H groups in total. The van der Waals surface area contributed by atoms with E-state index >= 15 is 0 Å². The van der Waals surface area contributed by atoms with Crippen molar-refractivity contribution < 1.29 is 114 Å². The second-order valence-electron chi connectivity index (χ2n) is 14.4. The number of aliphatic hydroxyl groups excluding tert-OH is 1. The number of carbonyl (C=O) groups excluding carboxylic acids is 7. The quantitative estimate of drug-likeness (QED) is 0.154. The molecule has 5 rings (SSSR count). The van der Waals surface area contributed by atoms with E-state index in [0.29, 0.717) is 0 Å². The van der Waals surface area contributed by atoms with Gasteiger partial charge in [0.15, 0.2) is 61.8 Å². The van der Waals surface area contributed by atoms with E-state index in [2.05, 4.69) is 0 Å². The second kappa shape index (κ2) is 19.7. The normalized spacial score (nSPS) is 39.6. The van der Waals surface area contributed by atoms with Crippen molar-refractivity contribution in [2.24, 2.45) is 0 Å². The molecule has 338 valence electrons. The summed E-state index contributed by atoms with van der Waals surface area (Å²) < 4.78 is 91.6. The van der Waals surface area contributed by atoms with Gasteiger partial charge in [0.2, 0.25) is 0 Å². The molecule has 0 spiro atoms. The van der Waals surface area contributed by atoms with Crippen LogP contribution in [0.1, 0.15) is 62.3 Å². The minimum Gasteiger partial charge on any atom is -0.463 e. The third kappa shape index (κ3) is 11.6. The zero-order valence-corrected chi connectivity index (χ0v) is 34.2. The van der Waals surface area contributed by atoms with Gasteiger partial charge in [-0.15, -0.1) is 0 Å². The highest BCUT2D eigenvalue weighted by atomic mass is 16.9. The summed E-state index contributed by atoms with van der Waals surface area (Å²) in [5, 5.41) is 11.8. The lowest BCUT2D eigenvalue weighted by Gasteiger charge is -2.47. The van der Waals surface area contributed by atoms with E-state index in [-0.39, 0.29) is 0 Å². The topological polar surface area (TPSA) is 287 Å². The first-order valence-electron chi connectivity index (χ1n) is 18.9. The smallest absolute Gasteiger partial charge is 0.303 e. The number of rotatable bonds is 14. The summed E-state index contributed by atoms with van der Waals surface area (Å²) in [7, 11) is 0. The van der Waals surface area contributed by atoms with Gasteiger partial charge in [-0.1, -0.05) is 0 Å². The lowest BCUT2D eigenvalue weighted by molar-refractivity contribution is -0.369. The first kappa shape index (κ1) is 46.9. The summed E-state index contributed by atoms with van der Waals surface area (Å²) in [6, 6.07) is 0. The summed E-state index contributed by atoms with van der Waals surface area (Å²) in [5.74, 6) is -7.55. The molecule has 0 aliphatic carbocycles. The van der Waals surface area contributed by atoms with Crippen molar-refractivity contribution in [2.45, 2.75) is 167 Å². The summed E-state index contributed by atoms with van der Waals surface area (Å²) in [6.45, 7) is 9.08. The molecule has 0 bridgehead atoms. The number of aliphatic hydroxyl groups is 1. The van der Waals surface area contributed by atoms with Crippen molar-refractivity contribution in [3.63, 3.8) is 0 Å². The van der Waals surface area contributed by atoms with Crippen molar-refractivity contribution >= 4 is 41.8 Å². The Balaban J connectivity index is 1.39. The van der Waals surface area contributed by atoms with Gasteiger partial charge in [0.25, 0.3) is 5.97 Å². The van der Waals surface area contributed by atoms with E-state index < -0.39 is 166 Å². The Morgan fingerprint density at radius 1 is 0.500 bits per heavy atom. The third-order valence-electron chi connectivity index (χ3n) is 9.37. The van der Waals surface area contributed by atoms with Crippen LogP contribution in [-0.4, -0.2) is 171 Å². The molecule has 5 aliphatic rings. The summed E-state index contributed by atoms with van der Waals surface area (Å²) in [4.78, 5) is 84.7. The monoisotopic (exact) mass is 866 g/mol. The molecule has 1 unspecified atom stereocenters. The van der Waals surface area contributed by atoms with E-state index in [4.69, 9.17) is 75.8 Å². The van der Waals surface area contributed by atoms with Gasteiger partial charge >= 0.3 is 41.8 Å². The Labute approximate surface area is 342 Å². The average Bonchev–Trinajstić information content (AvgIpc) is 3.67. The number of carbonyl (C=O) groups is 7. The van der Waals surface area contributed by atoms with Crippen LogP contribution < -0.4 is 0 Å². The number of esters is 7. The standard InChI is InChI=1S/C36H50O24/c1-13(37)45-10-22-25(48-15(3)39)28(50-17(5)41)31(52-19(7)43)34(56-22)58-27-24(44)21(55-33-30(27)53-20(8)54-33)12-47-36(9)59-32-29(51-18(6)42)26(49-16(4)40)23(11-46-14(2)38)57-35(32)60-36/h20-35,44H,10-12H2,1-9H3/t20-,21+,22+,23+,24+,25+,26+,27-,28-,29-,30+,31+,32+,33-,34-,35+,36?/m0/s1. The van der Waals surface area contributed by atoms with Crippen molar-refractivity contribution in [1.82, 2.24) is 0 Å². The Morgan fingerprint density at radius 2 is 0.983 bits per heavy atom. The van der Waals surface area contributed by atoms with Crippen LogP contribution in [0, 0.1) is 0 Å². The predicted molar refractivity (Wildman–Crippen MR) is 184 cm³/mol. The highest BCUT2D eigenvalue weighted by molar-refractivity contribution is 5.69. The second-order valence-corrected chi connectivity index (χ2v) is 14.4. The maximum Gasteiger partial charge on any atom is 0.303 e. The van der Waals surface area contributed by atoms with E-state index in [1.165, 1.54) is 6.92 Å². The molecule has 5 fully saturated rings. The third-order valence-corrected chi connectivity index (χ3v) is 9.37. The van der Waals surface area contributed by atoms with Crippen LogP contribution in [0.3, 0.4) is 0 Å². The number of hydrogen-bond donors (Lipinski definition) is 1. The molecular weight excluding hydrogens is 816 g/mol. The van der Waals surface area contributed by atoms with E-state index in [1.54, 1.807) is 6.92 Å². The molecule has 0 aromatic rings. The molecule has 0 radical (unpaired) electrons. The predicted octanol–water partition coefficient (Wildman–Crippen LogP) is -1.44. The van der Waals surface area contributed by atoms with E-state index in [1.807, 2.05) is 0 Å². The van der Waals surface area contributed by atoms with Gasteiger partial charge in [0, 0.05) is 55.4 Å². The van der Waals surface area contributed by atoms with Gasteiger partial charge in [-0.25, -0.2) is 0 Å². The minimum absolute atomic E-state index is 0.415. The summed E-state index contributed by atoms with van der Waals surface area (Å²) in [6.07, 6.45) is -21.9. The number of fused-ring (bicyclic) bond motifs is 2.